The maximum Gasteiger partial charge on any atom is 0.138 e. The zero-order chi connectivity index (χ0) is 12.5. The molecule has 2 bridgehead atoms. The molecule has 0 radical (unpaired) electrons. The maximum absolute atomic E-state index is 5.72. The largest absolute Gasteiger partial charge is 0.489 e. The fourth-order valence-corrected chi connectivity index (χ4v) is 2.97. The molecule has 1 aliphatic carbocycles. The van der Waals surface area contributed by atoms with Crippen molar-refractivity contribution in [1.29, 1.82) is 0 Å². The summed E-state index contributed by atoms with van der Waals surface area (Å²) in [4.78, 5) is 4.31. The van der Waals surface area contributed by atoms with Gasteiger partial charge in [0.25, 0.3) is 0 Å². The molecule has 1 saturated heterocycles. The standard InChI is InChI=1S/C15H20N2O/c1-10(2)18-14-5-13(8-17-9-14)15-4-11-3-12(15)7-16-6-11/h4-5,8-12,16H,3,6-7H2,1-2H3. The minimum absolute atomic E-state index is 0.195. The van der Waals surface area contributed by atoms with Crippen molar-refractivity contribution >= 4 is 5.57 Å². The number of hydrogen-bond donors (Lipinski definition) is 1. The third-order valence-electron chi connectivity index (χ3n) is 3.66. The van der Waals surface area contributed by atoms with Crippen molar-refractivity contribution in [3.8, 4) is 5.75 Å². The van der Waals surface area contributed by atoms with Crippen LogP contribution in [0.1, 0.15) is 25.8 Å². The average molecular weight is 244 g/mol. The van der Waals surface area contributed by atoms with Gasteiger partial charge in [-0.3, -0.25) is 4.98 Å². The number of fused-ring (bicyclic) bond motifs is 2. The molecule has 2 atom stereocenters. The van der Waals surface area contributed by atoms with Crippen LogP contribution < -0.4 is 10.1 Å². The van der Waals surface area contributed by atoms with Gasteiger partial charge in [-0.2, -0.15) is 0 Å². The monoisotopic (exact) mass is 244 g/mol. The number of ether oxygens (including phenoxy) is 1. The molecule has 3 rings (SSSR count). The Labute approximate surface area is 108 Å². The first-order valence-corrected chi connectivity index (χ1v) is 6.77. The third kappa shape index (κ3) is 2.27. The van der Waals surface area contributed by atoms with E-state index in [4.69, 9.17) is 4.74 Å². The number of piperidine rings is 1. The van der Waals surface area contributed by atoms with Crippen LogP contribution in [-0.4, -0.2) is 24.2 Å². The fraction of sp³-hybridized carbons (Fsp3) is 0.533. The molecular formula is C15H20N2O. The normalized spacial score (nSPS) is 26.3. The van der Waals surface area contributed by atoms with Gasteiger partial charge in [0.2, 0.25) is 0 Å². The number of hydrogen-bond acceptors (Lipinski definition) is 3. The van der Waals surface area contributed by atoms with E-state index in [-0.39, 0.29) is 6.10 Å². The molecule has 3 nitrogen and oxygen atoms in total. The lowest BCUT2D eigenvalue weighted by molar-refractivity contribution is 0.241. The second-order valence-electron chi connectivity index (χ2n) is 5.55. The van der Waals surface area contributed by atoms with E-state index < -0.39 is 0 Å². The van der Waals surface area contributed by atoms with Crippen LogP contribution in [0.15, 0.2) is 24.5 Å². The fourth-order valence-electron chi connectivity index (χ4n) is 2.97. The second-order valence-corrected chi connectivity index (χ2v) is 5.55. The molecule has 0 spiro atoms. The quantitative estimate of drug-likeness (QED) is 0.887. The van der Waals surface area contributed by atoms with Crippen LogP contribution in [0.5, 0.6) is 5.75 Å². The molecule has 18 heavy (non-hydrogen) atoms. The van der Waals surface area contributed by atoms with E-state index in [1.807, 2.05) is 20.0 Å². The molecule has 1 aliphatic heterocycles. The molecule has 1 aromatic heterocycles. The highest BCUT2D eigenvalue weighted by atomic mass is 16.5. The summed E-state index contributed by atoms with van der Waals surface area (Å²) in [6.45, 7) is 6.30. The molecule has 1 N–H and O–H groups in total. The number of aromatic nitrogens is 1. The van der Waals surface area contributed by atoms with Crippen LogP contribution >= 0.6 is 0 Å². The Bertz CT molecular complexity index is 467. The van der Waals surface area contributed by atoms with E-state index in [1.165, 1.54) is 17.6 Å². The van der Waals surface area contributed by atoms with Gasteiger partial charge in [0, 0.05) is 19.3 Å². The van der Waals surface area contributed by atoms with Gasteiger partial charge in [-0.15, -0.1) is 0 Å². The van der Waals surface area contributed by atoms with Crippen LogP contribution in [0.3, 0.4) is 0 Å². The predicted octanol–water partition coefficient (Wildman–Crippen LogP) is 2.49. The summed E-state index contributed by atoms with van der Waals surface area (Å²) in [5, 5.41) is 3.49. The number of rotatable bonds is 3. The average Bonchev–Trinajstić information content (AvgIpc) is 2.64. The SMILES string of the molecule is CC(C)Oc1cncc(C2=CC3CNCC2C3)c1. The highest BCUT2D eigenvalue weighted by molar-refractivity contribution is 5.70. The van der Waals surface area contributed by atoms with Gasteiger partial charge >= 0.3 is 0 Å². The predicted molar refractivity (Wildman–Crippen MR) is 72.4 cm³/mol. The van der Waals surface area contributed by atoms with Gasteiger partial charge in [-0.05, 0) is 49.3 Å². The Balaban J connectivity index is 1.86. The second kappa shape index (κ2) is 4.73. The van der Waals surface area contributed by atoms with Crippen LogP contribution in [0, 0.1) is 11.8 Å². The molecule has 3 heteroatoms. The van der Waals surface area contributed by atoms with E-state index in [2.05, 4.69) is 22.4 Å². The van der Waals surface area contributed by atoms with Gasteiger partial charge in [-0.25, -0.2) is 0 Å². The molecule has 2 heterocycles. The molecule has 1 aromatic rings. The summed E-state index contributed by atoms with van der Waals surface area (Å²) in [5.41, 5.74) is 2.68. The van der Waals surface area contributed by atoms with Gasteiger partial charge in [-0.1, -0.05) is 6.08 Å². The van der Waals surface area contributed by atoms with Crippen molar-refractivity contribution in [3.05, 3.63) is 30.1 Å². The van der Waals surface area contributed by atoms with Crippen molar-refractivity contribution in [2.75, 3.05) is 13.1 Å². The van der Waals surface area contributed by atoms with Crippen molar-refractivity contribution in [2.45, 2.75) is 26.4 Å². The Morgan fingerprint density at radius 3 is 3.00 bits per heavy atom. The van der Waals surface area contributed by atoms with Crippen LogP contribution in [0.25, 0.3) is 5.57 Å². The van der Waals surface area contributed by atoms with Crippen molar-refractivity contribution in [3.63, 3.8) is 0 Å². The van der Waals surface area contributed by atoms with Gasteiger partial charge in [0.05, 0.1) is 12.3 Å². The lowest BCUT2D eigenvalue weighted by Crippen LogP contribution is -2.31. The van der Waals surface area contributed by atoms with Crippen molar-refractivity contribution in [2.24, 2.45) is 11.8 Å². The summed E-state index contributed by atoms with van der Waals surface area (Å²) in [5.74, 6) is 2.23. The lowest BCUT2D eigenvalue weighted by Gasteiger charge is -2.22. The molecule has 1 fully saturated rings. The summed E-state index contributed by atoms with van der Waals surface area (Å²) >= 11 is 0. The highest BCUT2D eigenvalue weighted by Crippen LogP contribution is 2.39. The summed E-state index contributed by atoms with van der Waals surface area (Å²) in [7, 11) is 0. The Kier molecular flexibility index (Phi) is 3.08. The van der Waals surface area contributed by atoms with Crippen LogP contribution in [-0.2, 0) is 0 Å². The first-order valence-electron chi connectivity index (χ1n) is 6.77. The first kappa shape index (κ1) is 11.7. The maximum atomic E-state index is 5.72. The van der Waals surface area contributed by atoms with Crippen LogP contribution in [0.2, 0.25) is 0 Å². The molecular weight excluding hydrogens is 224 g/mol. The van der Waals surface area contributed by atoms with E-state index in [9.17, 15) is 0 Å². The summed E-state index contributed by atoms with van der Waals surface area (Å²) in [6.07, 6.45) is 7.65. The van der Waals surface area contributed by atoms with Crippen molar-refractivity contribution < 1.29 is 4.74 Å². The zero-order valence-corrected chi connectivity index (χ0v) is 11.0. The summed E-state index contributed by atoms with van der Waals surface area (Å²) in [6, 6.07) is 2.12. The Morgan fingerprint density at radius 1 is 1.33 bits per heavy atom. The molecule has 0 aromatic carbocycles. The number of pyridine rings is 1. The van der Waals surface area contributed by atoms with Gasteiger partial charge in [0.15, 0.2) is 0 Å². The minimum atomic E-state index is 0.195. The van der Waals surface area contributed by atoms with E-state index in [0.717, 1.165) is 18.8 Å². The molecule has 96 valence electrons. The van der Waals surface area contributed by atoms with E-state index >= 15 is 0 Å². The molecule has 2 unspecified atom stereocenters. The van der Waals surface area contributed by atoms with Gasteiger partial charge in [0.1, 0.15) is 5.75 Å². The smallest absolute Gasteiger partial charge is 0.138 e. The van der Waals surface area contributed by atoms with Crippen molar-refractivity contribution in [1.82, 2.24) is 10.3 Å². The zero-order valence-electron chi connectivity index (χ0n) is 11.0. The lowest BCUT2D eigenvalue weighted by atomic mass is 9.93. The van der Waals surface area contributed by atoms with E-state index in [0.29, 0.717) is 11.8 Å². The number of nitrogens with one attached hydrogen (secondary N) is 1. The first-order chi connectivity index (χ1) is 8.72. The molecule has 2 aliphatic rings. The Hall–Kier alpha value is -1.35. The van der Waals surface area contributed by atoms with E-state index in [1.54, 1.807) is 6.20 Å². The minimum Gasteiger partial charge on any atom is -0.489 e. The third-order valence-corrected chi connectivity index (χ3v) is 3.66. The summed E-state index contributed by atoms with van der Waals surface area (Å²) < 4.78 is 5.72. The van der Waals surface area contributed by atoms with Crippen LogP contribution in [0.4, 0.5) is 0 Å². The molecule has 0 saturated carbocycles. The molecule has 0 amide bonds. The van der Waals surface area contributed by atoms with Gasteiger partial charge < -0.3 is 10.1 Å². The number of nitrogens with zero attached hydrogens (tertiary/aromatic N) is 1. The highest BCUT2D eigenvalue weighted by Gasteiger charge is 2.30. The topological polar surface area (TPSA) is 34.1 Å². The Morgan fingerprint density at radius 2 is 2.22 bits per heavy atom.